The number of ether oxygens (including phenoxy) is 1. The Morgan fingerprint density at radius 1 is 1.54 bits per heavy atom. The lowest BCUT2D eigenvalue weighted by Crippen LogP contribution is -2.40. The van der Waals surface area contributed by atoms with E-state index in [1.165, 1.54) is 12.8 Å². The first-order valence-electron chi connectivity index (χ1n) is 5.26. The summed E-state index contributed by atoms with van der Waals surface area (Å²) >= 11 is 0. The van der Waals surface area contributed by atoms with Gasteiger partial charge in [-0.3, -0.25) is 4.90 Å². The molecule has 1 saturated carbocycles. The predicted molar refractivity (Wildman–Crippen MR) is 54.7 cm³/mol. The second-order valence-electron chi connectivity index (χ2n) is 3.89. The third-order valence-corrected chi connectivity index (χ3v) is 2.64. The van der Waals surface area contributed by atoms with Gasteiger partial charge in [0.2, 0.25) is 0 Å². The fourth-order valence-electron chi connectivity index (χ4n) is 1.50. The van der Waals surface area contributed by atoms with Crippen molar-refractivity contribution in [2.24, 2.45) is 5.73 Å². The Bertz CT molecular complexity index is 137. The van der Waals surface area contributed by atoms with E-state index < -0.39 is 0 Å². The minimum absolute atomic E-state index is 0.331. The zero-order chi connectivity index (χ0) is 9.68. The maximum Gasteiger partial charge on any atom is 0.0589 e. The third kappa shape index (κ3) is 4.07. The minimum atomic E-state index is 0.331. The molecule has 1 rings (SSSR count). The van der Waals surface area contributed by atoms with Gasteiger partial charge >= 0.3 is 0 Å². The first kappa shape index (κ1) is 11.0. The molecule has 1 aliphatic rings. The van der Waals surface area contributed by atoms with E-state index in [0.29, 0.717) is 6.04 Å². The van der Waals surface area contributed by atoms with Crippen molar-refractivity contribution >= 4 is 0 Å². The van der Waals surface area contributed by atoms with Crippen LogP contribution in [0.4, 0.5) is 0 Å². The lowest BCUT2D eigenvalue weighted by Gasteiger charge is -2.24. The summed E-state index contributed by atoms with van der Waals surface area (Å²) in [5.41, 5.74) is 5.93. The average molecular weight is 186 g/mol. The van der Waals surface area contributed by atoms with E-state index in [4.69, 9.17) is 10.5 Å². The summed E-state index contributed by atoms with van der Waals surface area (Å²) in [6.07, 6.45) is 3.76. The molecule has 0 aliphatic heterocycles. The number of hydrogen-bond donors (Lipinski definition) is 1. The molecule has 0 amide bonds. The smallest absolute Gasteiger partial charge is 0.0589 e. The van der Waals surface area contributed by atoms with E-state index in [1.807, 2.05) is 0 Å². The highest BCUT2D eigenvalue weighted by atomic mass is 16.5. The summed E-state index contributed by atoms with van der Waals surface area (Å²) in [6, 6.07) is 1.13. The normalized spacial score (nSPS) is 19.4. The summed E-state index contributed by atoms with van der Waals surface area (Å²) in [5, 5.41) is 0. The van der Waals surface area contributed by atoms with E-state index in [2.05, 4.69) is 11.8 Å². The van der Waals surface area contributed by atoms with Crippen molar-refractivity contribution in [2.45, 2.75) is 38.3 Å². The van der Waals surface area contributed by atoms with Gasteiger partial charge in [0.1, 0.15) is 0 Å². The van der Waals surface area contributed by atoms with Crippen molar-refractivity contribution < 1.29 is 4.74 Å². The molecule has 1 unspecified atom stereocenters. The highest BCUT2D eigenvalue weighted by Gasteiger charge is 2.29. The Morgan fingerprint density at radius 3 is 2.69 bits per heavy atom. The summed E-state index contributed by atoms with van der Waals surface area (Å²) in [6.45, 7) is 5.04. The Hall–Kier alpha value is -0.120. The standard InChI is InChI=1S/C10H22N2O/c1-3-9(11)8-12(6-7-13-2)10-4-5-10/h9-10H,3-8,11H2,1-2H3. The average Bonchev–Trinajstić information content (AvgIpc) is 2.94. The minimum Gasteiger partial charge on any atom is -0.383 e. The van der Waals surface area contributed by atoms with Crippen molar-refractivity contribution in [3.05, 3.63) is 0 Å². The van der Waals surface area contributed by atoms with E-state index in [0.717, 1.165) is 32.2 Å². The summed E-state index contributed by atoms with van der Waals surface area (Å²) in [4.78, 5) is 2.47. The summed E-state index contributed by atoms with van der Waals surface area (Å²) < 4.78 is 5.08. The van der Waals surface area contributed by atoms with Crippen LogP contribution in [0.3, 0.4) is 0 Å². The van der Waals surface area contributed by atoms with Gasteiger partial charge < -0.3 is 10.5 Å². The maximum atomic E-state index is 5.93. The molecule has 0 saturated heterocycles. The fourth-order valence-corrected chi connectivity index (χ4v) is 1.50. The zero-order valence-corrected chi connectivity index (χ0v) is 8.83. The topological polar surface area (TPSA) is 38.5 Å². The van der Waals surface area contributed by atoms with Gasteiger partial charge in [0, 0.05) is 32.3 Å². The molecule has 13 heavy (non-hydrogen) atoms. The first-order valence-corrected chi connectivity index (χ1v) is 5.26. The van der Waals surface area contributed by atoms with Crippen LogP contribution in [-0.2, 0) is 4.74 Å². The van der Waals surface area contributed by atoms with E-state index in [1.54, 1.807) is 7.11 Å². The van der Waals surface area contributed by atoms with Crippen molar-refractivity contribution in [3.63, 3.8) is 0 Å². The summed E-state index contributed by atoms with van der Waals surface area (Å²) in [7, 11) is 1.75. The largest absolute Gasteiger partial charge is 0.383 e. The van der Waals surface area contributed by atoms with Gasteiger partial charge in [-0.2, -0.15) is 0 Å². The van der Waals surface area contributed by atoms with Crippen molar-refractivity contribution in [1.82, 2.24) is 4.90 Å². The highest BCUT2D eigenvalue weighted by molar-refractivity contribution is 4.86. The van der Waals surface area contributed by atoms with Crippen LogP contribution < -0.4 is 5.73 Å². The molecular weight excluding hydrogens is 164 g/mol. The van der Waals surface area contributed by atoms with Crippen LogP contribution in [0.2, 0.25) is 0 Å². The molecule has 0 spiro atoms. The Balaban J connectivity index is 2.20. The van der Waals surface area contributed by atoms with Gasteiger partial charge in [-0.25, -0.2) is 0 Å². The SMILES string of the molecule is CCC(N)CN(CCOC)C1CC1. The van der Waals surface area contributed by atoms with Gasteiger partial charge in [0.05, 0.1) is 6.61 Å². The lowest BCUT2D eigenvalue weighted by molar-refractivity contribution is 0.139. The molecule has 3 heteroatoms. The molecule has 0 aromatic heterocycles. The third-order valence-electron chi connectivity index (χ3n) is 2.64. The van der Waals surface area contributed by atoms with Crippen LogP contribution in [-0.4, -0.2) is 43.8 Å². The van der Waals surface area contributed by atoms with Gasteiger partial charge in [-0.05, 0) is 19.3 Å². The maximum absolute atomic E-state index is 5.93. The summed E-state index contributed by atoms with van der Waals surface area (Å²) in [5.74, 6) is 0. The molecule has 2 N–H and O–H groups in total. The predicted octanol–water partition coefficient (Wildman–Crippen LogP) is 0.834. The number of nitrogens with two attached hydrogens (primary N) is 1. The molecule has 0 aromatic rings. The van der Waals surface area contributed by atoms with Gasteiger partial charge in [0.25, 0.3) is 0 Å². The van der Waals surface area contributed by atoms with Crippen molar-refractivity contribution in [1.29, 1.82) is 0 Å². The molecule has 3 nitrogen and oxygen atoms in total. The molecule has 1 aliphatic carbocycles. The molecule has 0 bridgehead atoms. The first-order chi connectivity index (χ1) is 6.27. The van der Waals surface area contributed by atoms with Crippen LogP contribution >= 0.6 is 0 Å². The van der Waals surface area contributed by atoms with Gasteiger partial charge in [0.15, 0.2) is 0 Å². The quantitative estimate of drug-likeness (QED) is 0.640. The van der Waals surface area contributed by atoms with Crippen LogP contribution in [0, 0.1) is 0 Å². The number of rotatable bonds is 7. The zero-order valence-electron chi connectivity index (χ0n) is 8.83. The molecule has 0 radical (unpaired) electrons. The molecule has 0 aromatic carbocycles. The van der Waals surface area contributed by atoms with Crippen LogP contribution in [0.5, 0.6) is 0 Å². The Kier molecular flexibility index (Phi) is 4.70. The second kappa shape index (κ2) is 5.58. The number of nitrogens with zero attached hydrogens (tertiary/aromatic N) is 1. The number of hydrogen-bond acceptors (Lipinski definition) is 3. The van der Waals surface area contributed by atoms with Crippen LogP contribution in [0.15, 0.2) is 0 Å². The molecule has 0 heterocycles. The second-order valence-corrected chi connectivity index (χ2v) is 3.89. The van der Waals surface area contributed by atoms with E-state index in [-0.39, 0.29) is 0 Å². The fraction of sp³-hybridized carbons (Fsp3) is 1.00. The van der Waals surface area contributed by atoms with Crippen molar-refractivity contribution in [3.8, 4) is 0 Å². The van der Waals surface area contributed by atoms with E-state index >= 15 is 0 Å². The Morgan fingerprint density at radius 2 is 2.23 bits per heavy atom. The highest BCUT2D eigenvalue weighted by Crippen LogP contribution is 2.26. The Labute approximate surface area is 81.2 Å². The van der Waals surface area contributed by atoms with Crippen LogP contribution in [0.1, 0.15) is 26.2 Å². The lowest BCUT2D eigenvalue weighted by atomic mass is 10.2. The molecule has 78 valence electrons. The van der Waals surface area contributed by atoms with Gasteiger partial charge in [-0.1, -0.05) is 6.92 Å². The monoisotopic (exact) mass is 186 g/mol. The molecule has 1 atom stereocenters. The van der Waals surface area contributed by atoms with E-state index in [9.17, 15) is 0 Å². The molecular formula is C10H22N2O. The van der Waals surface area contributed by atoms with Crippen molar-refractivity contribution in [2.75, 3.05) is 26.8 Å². The number of methoxy groups -OCH3 is 1. The van der Waals surface area contributed by atoms with Gasteiger partial charge in [-0.15, -0.1) is 0 Å². The molecule has 1 fully saturated rings. The van der Waals surface area contributed by atoms with Crippen LogP contribution in [0.25, 0.3) is 0 Å².